The Balaban J connectivity index is 3.09. The Kier molecular flexibility index (Phi) is 3.54. The Morgan fingerprint density at radius 1 is 1.27 bits per heavy atom. The second-order valence-electron chi connectivity index (χ2n) is 3.19. The van der Waals surface area contributed by atoms with Crippen LogP contribution in [-0.2, 0) is 9.84 Å². The first-order chi connectivity index (χ1) is 6.97. The standard InChI is InChI=1S/C9H14N2O3S/c10-7-2-3-8(11)9(6-7)15(13,14)5-1-4-12/h2-3,6,12H,1,4-5,10-11H2. The van der Waals surface area contributed by atoms with E-state index in [1.165, 1.54) is 12.1 Å². The van der Waals surface area contributed by atoms with Crippen LogP contribution in [0.4, 0.5) is 11.4 Å². The van der Waals surface area contributed by atoms with Gasteiger partial charge in [-0.05, 0) is 24.6 Å². The summed E-state index contributed by atoms with van der Waals surface area (Å²) in [6.07, 6.45) is 0.191. The van der Waals surface area contributed by atoms with Gasteiger partial charge in [-0.1, -0.05) is 0 Å². The predicted octanol–water partition coefficient (Wildman–Crippen LogP) is 0.00710. The number of benzene rings is 1. The Morgan fingerprint density at radius 2 is 1.93 bits per heavy atom. The molecule has 0 heterocycles. The molecule has 15 heavy (non-hydrogen) atoms. The second-order valence-corrected chi connectivity index (χ2v) is 5.27. The van der Waals surface area contributed by atoms with E-state index in [-0.39, 0.29) is 29.4 Å². The Morgan fingerprint density at radius 3 is 2.53 bits per heavy atom. The van der Waals surface area contributed by atoms with Gasteiger partial charge in [-0.25, -0.2) is 8.42 Å². The van der Waals surface area contributed by atoms with Crippen LogP contribution in [0.2, 0.25) is 0 Å². The Labute approximate surface area is 88.6 Å². The summed E-state index contributed by atoms with van der Waals surface area (Å²) in [4.78, 5) is 0.0379. The van der Waals surface area contributed by atoms with Gasteiger partial charge in [-0.3, -0.25) is 0 Å². The normalized spacial score (nSPS) is 11.5. The van der Waals surface area contributed by atoms with Crippen LogP contribution in [0.25, 0.3) is 0 Å². The smallest absolute Gasteiger partial charge is 0.180 e. The lowest BCUT2D eigenvalue weighted by molar-refractivity contribution is 0.295. The van der Waals surface area contributed by atoms with Gasteiger partial charge in [0, 0.05) is 12.3 Å². The highest BCUT2D eigenvalue weighted by Gasteiger charge is 2.17. The molecule has 84 valence electrons. The van der Waals surface area contributed by atoms with Crippen molar-refractivity contribution in [3.05, 3.63) is 18.2 Å². The minimum atomic E-state index is -3.44. The van der Waals surface area contributed by atoms with Crippen LogP contribution in [0.1, 0.15) is 6.42 Å². The van der Waals surface area contributed by atoms with Crippen molar-refractivity contribution in [2.75, 3.05) is 23.8 Å². The van der Waals surface area contributed by atoms with Crippen molar-refractivity contribution >= 4 is 21.2 Å². The minimum Gasteiger partial charge on any atom is -0.399 e. The zero-order chi connectivity index (χ0) is 11.5. The number of anilines is 2. The first-order valence-corrected chi connectivity index (χ1v) is 6.11. The van der Waals surface area contributed by atoms with Crippen LogP contribution in [0.5, 0.6) is 0 Å². The molecule has 0 spiro atoms. The molecule has 0 amide bonds. The number of hydrogen-bond donors (Lipinski definition) is 3. The maximum absolute atomic E-state index is 11.7. The van der Waals surface area contributed by atoms with Gasteiger partial charge in [0.15, 0.2) is 9.84 Å². The summed E-state index contributed by atoms with van der Waals surface area (Å²) in [5.74, 6) is -0.128. The first kappa shape index (κ1) is 11.8. The van der Waals surface area contributed by atoms with Crippen molar-refractivity contribution in [2.45, 2.75) is 11.3 Å². The Bertz CT molecular complexity index is 443. The maximum Gasteiger partial charge on any atom is 0.180 e. The molecule has 1 aromatic carbocycles. The van der Waals surface area contributed by atoms with E-state index < -0.39 is 9.84 Å². The largest absolute Gasteiger partial charge is 0.399 e. The van der Waals surface area contributed by atoms with E-state index >= 15 is 0 Å². The number of aliphatic hydroxyl groups is 1. The van der Waals surface area contributed by atoms with Gasteiger partial charge in [0.05, 0.1) is 16.3 Å². The number of sulfone groups is 1. The quantitative estimate of drug-likeness (QED) is 0.631. The number of rotatable bonds is 4. The summed E-state index contributed by atoms with van der Waals surface area (Å²) in [5.41, 5.74) is 11.6. The molecule has 0 saturated carbocycles. The summed E-state index contributed by atoms with van der Waals surface area (Å²) >= 11 is 0. The lowest BCUT2D eigenvalue weighted by atomic mass is 10.3. The molecule has 0 aliphatic heterocycles. The van der Waals surface area contributed by atoms with Gasteiger partial charge in [0.1, 0.15) is 0 Å². The van der Waals surface area contributed by atoms with E-state index in [9.17, 15) is 8.42 Å². The second kappa shape index (κ2) is 4.50. The van der Waals surface area contributed by atoms with E-state index in [1.54, 1.807) is 6.07 Å². The van der Waals surface area contributed by atoms with Crippen LogP contribution in [0, 0.1) is 0 Å². The van der Waals surface area contributed by atoms with Gasteiger partial charge in [-0.15, -0.1) is 0 Å². The average Bonchev–Trinajstić information content (AvgIpc) is 2.18. The fourth-order valence-corrected chi connectivity index (χ4v) is 2.66. The van der Waals surface area contributed by atoms with Crippen LogP contribution >= 0.6 is 0 Å². The monoisotopic (exact) mass is 230 g/mol. The van der Waals surface area contributed by atoms with Gasteiger partial charge < -0.3 is 16.6 Å². The molecule has 5 N–H and O–H groups in total. The molecule has 1 rings (SSSR count). The molecule has 0 fully saturated rings. The number of nitrogens with two attached hydrogens (primary N) is 2. The summed E-state index contributed by atoms with van der Waals surface area (Å²) in [5, 5.41) is 8.58. The van der Waals surface area contributed by atoms with Crippen LogP contribution in [0.15, 0.2) is 23.1 Å². The van der Waals surface area contributed by atoms with E-state index in [2.05, 4.69) is 0 Å². The molecule has 0 bridgehead atoms. The van der Waals surface area contributed by atoms with E-state index in [0.29, 0.717) is 5.69 Å². The third-order valence-corrected chi connectivity index (χ3v) is 3.79. The third-order valence-electron chi connectivity index (χ3n) is 1.94. The SMILES string of the molecule is Nc1ccc(N)c(S(=O)(=O)CCCO)c1. The Hall–Kier alpha value is -1.27. The summed E-state index contributed by atoms with van der Waals surface area (Å²) in [6, 6.07) is 4.34. The van der Waals surface area contributed by atoms with Gasteiger partial charge in [0.25, 0.3) is 0 Å². The van der Waals surface area contributed by atoms with Crippen molar-refractivity contribution in [1.29, 1.82) is 0 Å². The van der Waals surface area contributed by atoms with Crippen molar-refractivity contribution in [3.8, 4) is 0 Å². The summed E-state index contributed by atoms with van der Waals surface area (Å²) in [7, 11) is -3.44. The fraction of sp³-hybridized carbons (Fsp3) is 0.333. The lowest BCUT2D eigenvalue weighted by Crippen LogP contribution is -2.11. The highest BCUT2D eigenvalue weighted by Crippen LogP contribution is 2.22. The molecule has 0 atom stereocenters. The van der Waals surface area contributed by atoms with E-state index in [1.807, 2.05) is 0 Å². The first-order valence-electron chi connectivity index (χ1n) is 4.46. The number of hydrogen-bond acceptors (Lipinski definition) is 5. The third kappa shape index (κ3) is 2.84. The molecular formula is C9H14N2O3S. The molecule has 1 aromatic rings. The van der Waals surface area contributed by atoms with Gasteiger partial charge >= 0.3 is 0 Å². The van der Waals surface area contributed by atoms with Crippen LogP contribution < -0.4 is 11.5 Å². The number of nitrogen functional groups attached to an aromatic ring is 2. The molecule has 0 aromatic heterocycles. The molecule has 6 heteroatoms. The summed E-state index contributed by atoms with van der Waals surface area (Å²) in [6.45, 7) is -0.165. The zero-order valence-corrected chi connectivity index (χ0v) is 9.00. The van der Waals surface area contributed by atoms with Crippen LogP contribution in [0.3, 0.4) is 0 Å². The average molecular weight is 230 g/mol. The van der Waals surface area contributed by atoms with Gasteiger partial charge in [-0.2, -0.15) is 0 Å². The van der Waals surface area contributed by atoms with Crippen molar-refractivity contribution < 1.29 is 13.5 Å². The van der Waals surface area contributed by atoms with Crippen molar-refractivity contribution in [1.82, 2.24) is 0 Å². The molecule has 5 nitrogen and oxygen atoms in total. The number of aliphatic hydroxyl groups excluding tert-OH is 1. The highest BCUT2D eigenvalue weighted by molar-refractivity contribution is 7.91. The fourth-order valence-electron chi connectivity index (χ4n) is 1.18. The van der Waals surface area contributed by atoms with Gasteiger partial charge in [0.2, 0.25) is 0 Å². The van der Waals surface area contributed by atoms with E-state index in [0.717, 1.165) is 0 Å². The molecule has 0 radical (unpaired) electrons. The van der Waals surface area contributed by atoms with Crippen molar-refractivity contribution in [3.63, 3.8) is 0 Å². The molecular weight excluding hydrogens is 216 g/mol. The molecule has 0 aliphatic rings. The van der Waals surface area contributed by atoms with Crippen LogP contribution in [-0.4, -0.2) is 25.9 Å². The van der Waals surface area contributed by atoms with E-state index in [4.69, 9.17) is 16.6 Å². The maximum atomic E-state index is 11.7. The molecule has 0 saturated heterocycles. The zero-order valence-electron chi connectivity index (χ0n) is 8.18. The molecule has 0 unspecified atom stereocenters. The predicted molar refractivity (Wildman–Crippen MR) is 59.0 cm³/mol. The topological polar surface area (TPSA) is 106 Å². The minimum absolute atomic E-state index is 0.0379. The lowest BCUT2D eigenvalue weighted by Gasteiger charge is -2.07. The van der Waals surface area contributed by atoms with Crippen molar-refractivity contribution in [2.24, 2.45) is 0 Å². The molecule has 0 aliphatic carbocycles. The summed E-state index contributed by atoms with van der Waals surface area (Å²) < 4.78 is 23.4. The highest BCUT2D eigenvalue weighted by atomic mass is 32.2.